The van der Waals surface area contributed by atoms with Gasteiger partial charge >= 0.3 is 0 Å². The van der Waals surface area contributed by atoms with E-state index in [1.54, 1.807) is 36.5 Å². The smallest absolute Gasteiger partial charge is 0.253 e. The number of anilines is 1. The first kappa shape index (κ1) is 13.5. The van der Waals surface area contributed by atoms with Gasteiger partial charge in [-0.15, -0.1) is 0 Å². The second-order valence-electron chi connectivity index (χ2n) is 4.74. The monoisotopic (exact) mass is 300 g/mol. The number of hydrogen-bond donors (Lipinski definition) is 3. The van der Waals surface area contributed by atoms with Gasteiger partial charge in [-0.05, 0) is 35.4 Å². The Labute approximate surface area is 127 Å². The van der Waals surface area contributed by atoms with Crippen LogP contribution in [-0.2, 0) is 11.3 Å². The molecule has 0 saturated heterocycles. The Bertz CT molecular complexity index is 741. The molecule has 0 saturated carbocycles. The fourth-order valence-corrected chi connectivity index (χ4v) is 2.45. The van der Waals surface area contributed by atoms with Crippen molar-refractivity contribution >= 4 is 28.8 Å². The van der Waals surface area contributed by atoms with Crippen molar-refractivity contribution in [2.75, 3.05) is 5.32 Å². The van der Waals surface area contributed by atoms with Gasteiger partial charge < -0.3 is 15.7 Å². The van der Waals surface area contributed by atoms with Crippen LogP contribution in [0.5, 0.6) is 5.75 Å². The summed E-state index contributed by atoms with van der Waals surface area (Å²) in [5, 5.41) is 15.9. The molecule has 4 nitrogen and oxygen atoms in total. The van der Waals surface area contributed by atoms with Gasteiger partial charge in [-0.2, -0.15) is 0 Å². The molecule has 2 aromatic rings. The molecule has 106 valence electrons. The van der Waals surface area contributed by atoms with Gasteiger partial charge in [-0.1, -0.05) is 23.7 Å². The third kappa shape index (κ3) is 2.85. The van der Waals surface area contributed by atoms with Crippen molar-refractivity contribution in [2.45, 2.75) is 6.54 Å². The Morgan fingerprint density at radius 3 is 2.90 bits per heavy atom. The Balaban J connectivity index is 1.94. The predicted molar refractivity (Wildman–Crippen MR) is 83.0 cm³/mol. The number of carbonyl (C=O) groups excluding carboxylic acids is 1. The van der Waals surface area contributed by atoms with Crippen molar-refractivity contribution < 1.29 is 9.90 Å². The minimum absolute atomic E-state index is 0.141. The van der Waals surface area contributed by atoms with Crippen LogP contribution in [0.15, 0.2) is 48.7 Å². The molecule has 0 radical (unpaired) electrons. The van der Waals surface area contributed by atoms with E-state index in [-0.39, 0.29) is 11.7 Å². The van der Waals surface area contributed by atoms with E-state index in [2.05, 4.69) is 10.6 Å². The highest BCUT2D eigenvalue weighted by molar-refractivity contribution is 6.31. The van der Waals surface area contributed by atoms with Crippen LogP contribution in [-0.4, -0.2) is 11.0 Å². The van der Waals surface area contributed by atoms with Gasteiger partial charge in [0.05, 0.1) is 5.57 Å². The molecule has 1 heterocycles. The van der Waals surface area contributed by atoms with Crippen LogP contribution in [0.3, 0.4) is 0 Å². The second-order valence-corrected chi connectivity index (χ2v) is 5.17. The van der Waals surface area contributed by atoms with E-state index in [1.165, 1.54) is 0 Å². The quantitative estimate of drug-likeness (QED) is 0.747. The average molecular weight is 301 g/mol. The number of halogens is 1. The fraction of sp³-hybridized carbons (Fsp3) is 0.0625. The summed E-state index contributed by atoms with van der Waals surface area (Å²) in [7, 11) is 0. The van der Waals surface area contributed by atoms with Gasteiger partial charge in [0.15, 0.2) is 0 Å². The predicted octanol–water partition coefficient (Wildman–Crippen LogP) is 3.13. The molecule has 1 aliphatic heterocycles. The zero-order chi connectivity index (χ0) is 14.8. The number of aromatic hydroxyl groups is 1. The molecule has 1 aliphatic rings. The van der Waals surface area contributed by atoms with Crippen molar-refractivity contribution in [1.29, 1.82) is 0 Å². The Hall–Kier alpha value is -2.46. The molecule has 0 aromatic heterocycles. The first-order chi connectivity index (χ1) is 10.1. The highest BCUT2D eigenvalue weighted by Crippen LogP contribution is 2.27. The van der Waals surface area contributed by atoms with Crippen molar-refractivity contribution in [1.82, 2.24) is 5.32 Å². The highest BCUT2D eigenvalue weighted by Gasteiger charge is 2.20. The minimum atomic E-state index is -0.141. The number of benzene rings is 2. The van der Waals surface area contributed by atoms with Crippen molar-refractivity contribution in [3.63, 3.8) is 0 Å². The van der Waals surface area contributed by atoms with Crippen molar-refractivity contribution in [3.05, 3.63) is 64.8 Å². The summed E-state index contributed by atoms with van der Waals surface area (Å²) in [6.07, 6.45) is 1.63. The van der Waals surface area contributed by atoms with E-state index in [4.69, 9.17) is 11.6 Å². The molecule has 0 aliphatic carbocycles. The van der Waals surface area contributed by atoms with E-state index in [1.807, 2.05) is 12.1 Å². The number of carbonyl (C=O) groups is 1. The maximum absolute atomic E-state index is 12.0. The summed E-state index contributed by atoms with van der Waals surface area (Å²) in [5.74, 6) is 0.0242. The zero-order valence-electron chi connectivity index (χ0n) is 11.1. The van der Waals surface area contributed by atoms with Gasteiger partial charge in [-0.25, -0.2) is 0 Å². The molecule has 0 fully saturated rings. The molecular formula is C16H13ClN2O2. The number of phenols is 1. The molecule has 0 atom stereocenters. The molecule has 0 spiro atoms. The lowest BCUT2D eigenvalue weighted by atomic mass is 9.96. The Morgan fingerprint density at radius 1 is 1.24 bits per heavy atom. The minimum Gasteiger partial charge on any atom is -0.508 e. The van der Waals surface area contributed by atoms with E-state index >= 15 is 0 Å². The van der Waals surface area contributed by atoms with Gasteiger partial charge in [-0.3, -0.25) is 4.79 Å². The van der Waals surface area contributed by atoms with Gasteiger partial charge in [0.2, 0.25) is 0 Å². The number of phenolic OH excluding ortho intramolecular Hbond substituents is 1. The normalized spacial score (nSPS) is 15.5. The molecule has 2 aromatic carbocycles. The zero-order valence-corrected chi connectivity index (χ0v) is 11.8. The number of nitrogens with one attached hydrogen (secondary N) is 2. The van der Waals surface area contributed by atoms with Crippen molar-refractivity contribution in [3.8, 4) is 5.75 Å². The lowest BCUT2D eigenvalue weighted by molar-refractivity contribution is -0.116. The summed E-state index contributed by atoms with van der Waals surface area (Å²) in [6.45, 7) is 0.470. The largest absolute Gasteiger partial charge is 0.508 e. The van der Waals surface area contributed by atoms with Gasteiger partial charge in [0.25, 0.3) is 5.91 Å². The molecule has 5 heteroatoms. The topological polar surface area (TPSA) is 61.4 Å². The maximum atomic E-state index is 12.0. The first-order valence-corrected chi connectivity index (χ1v) is 6.84. The van der Waals surface area contributed by atoms with Gasteiger partial charge in [0.1, 0.15) is 5.75 Å². The number of rotatable bonds is 2. The summed E-state index contributed by atoms with van der Waals surface area (Å²) in [6, 6.07) is 12.2. The maximum Gasteiger partial charge on any atom is 0.253 e. The van der Waals surface area contributed by atoms with E-state index in [0.29, 0.717) is 22.8 Å². The lowest BCUT2D eigenvalue weighted by Crippen LogP contribution is -2.29. The number of amides is 1. The van der Waals surface area contributed by atoms with Crippen LogP contribution in [0.2, 0.25) is 5.02 Å². The second kappa shape index (κ2) is 5.50. The van der Waals surface area contributed by atoms with Gasteiger partial charge in [0, 0.05) is 29.5 Å². The molecule has 0 unspecified atom stereocenters. The van der Waals surface area contributed by atoms with Crippen LogP contribution in [0.4, 0.5) is 5.69 Å². The SMILES string of the molecule is O=C1NCc2cc(Cl)ccc2C1=CNc1cccc(O)c1. The van der Waals surface area contributed by atoms with Crippen LogP contribution < -0.4 is 10.6 Å². The highest BCUT2D eigenvalue weighted by atomic mass is 35.5. The number of fused-ring (bicyclic) bond motifs is 1. The van der Waals surface area contributed by atoms with Crippen LogP contribution >= 0.6 is 11.6 Å². The number of hydrogen-bond acceptors (Lipinski definition) is 3. The summed E-state index contributed by atoms with van der Waals surface area (Å²) in [4.78, 5) is 12.0. The summed E-state index contributed by atoms with van der Waals surface area (Å²) < 4.78 is 0. The van der Waals surface area contributed by atoms with Crippen LogP contribution in [0.1, 0.15) is 11.1 Å². The first-order valence-electron chi connectivity index (χ1n) is 6.46. The Morgan fingerprint density at radius 2 is 2.10 bits per heavy atom. The molecule has 1 amide bonds. The Kier molecular flexibility index (Phi) is 3.54. The summed E-state index contributed by atoms with van der Waals surface area (Å²) >= 11 is 5.98. The van der Waals surface area contributed by atoms with Crippen LogP contribution in [0.25, 0.3) is 5.57 Å². The standard InChI is InChI=1S/C16H13ClN2O2/c17-11-4-5-14-10(6-11)8-19-16(21)15(14)9-18-12-2-1-3-13(20)7-12/h1-7,9,18,20H,8H2,(H,19,21). The third-order valence-corrected chi connectivity index (χ3v) is 3.51. The van der Waals surface area contributed by atoms with E-state index in [9.17, 15) is 9.90 Å². The fourth-order valence-electron chi connectivity index (χ4n) is 2.26. The van der Waals surface area contributed by atoms with Crippen molar-refractivity contribution in [2.24, 2.45) is 0 Å². The summed E-state index contributed by atoms with van der Waals surface area (Å²) in [5.41, 5.74) is 3.08. The lowest BCUT2D eigenvalue weighted by Gasteiger charge is -2.20. The third-order valence-electron chi connectivity index (χ3n) is 3.27. The molecule has 21 heavy (non-hydrogen) atoms. The molecule has 3 N–H and O–H groups in total. The molecule has 0 bridgehead atoms. The van der Waals surface area contributed by atoms with E-state index in [0.717, 1.165) is 11.1 Å². The average Bonchev–Trinajstić information content (AvgIpc) is 2.46. The molecule has 3 rings (SSSR count). The van der Waals surface area contributed by atoms with E-state index < -0.39 is 0 Å². The van der Waals surface area contributed by atoms with Crippen LogP contribution in [0, 0.1) is 0 Å². The molecular weight excluding hydrogens is 288 g/mol.